The second kappa shape index (κ2) is 10.5. The van der Waals surface area contributed by atoms with Crippen molar-refractivity contribution in [2.24, 2.45) is 0 Å². The van der Waals surface area contributed by atoms with Crippen molar-refractivity contribution < 1.29 is 4.79 Å². The van der Waals surface area contributed by atoms with Crippen LogP contribution in [0.15, 0.2) is 128 Å². The predicted molar refractivity (Wildman–Crippen MR) is 127 cm³/mol. The number of hydrogen-bond donors (Lipinski definition) is 0. The van der Waals surface area contributed by atoms with Crippen LogP contribution in [0.1, 0.15) is 15.9 Å². The zero-order valence-corrected chi connectivity index (χ0v) is 17.4. The van der Waals surface area contributed by atoms with E-state index < -0.39 is 0 Å². The molecule has 3 aromatic heterocycles. The van der Waals surface area contributed by atoms with E-state index in [2.05, 4.69) is 15.0 Å². The summed E-state index contributed by atoms with van der Waals surface area (Å²) in [7, 11) is 0. The smallest absolute Gasteiger partial charge is 0.193 e. The molecule has 0 radical (unpaired) electrons. The normalized spacial score (nSPS) is 10.0. The van der Waals surface area contributed by atoms with Crippen LogP contribution >= 0.6 is 0 Å². The van der Waals surface area contributed by atoms with Crippen LogP contribution in [-0.4, -0.2) is 20.7 Å². The van der Waals surface area contributed by atoms with Gasteiger partial charge in [-0.25, -0.2) is 0 Å². The third kappa shape index (κ3) is 5.18. The molecule has 2 aromatic carbocycles. The van der Waals surface area contributed by atoms with Crippen molar-refractivity contribution in [3.63, 3.8) is 0 Å². The van der Waals surface area contributed by atoms with E-state index in [-0.39, 0.29) is 5.78 Å². The molecule has 4 heteroatoms. The van der Waals surface area contributed by atoms with Crippen LogP contribution in [0.4, 0.5) is 0 Å². The van der Waals surface area contributed by atoms with Crippen LogP contribution in [-0.2, 0) is 0 Å². The zero-order valence-electron chi connectivity index (χ0n) is 17.4. The minimum Gasteiger partial charge on any atom is -0.289 e. The monoisotopic (exact) mass is 415 g/mol. The second-order valence-electron chi connectivity index (χ2n) is 6.94. The molecule has 0 aliphatic heterocycles. The Kier molecular flexibility index (Phi) is 6.86. The first-order valence-electron chi connectivity index (χ1n) is 10.2. The molecule has 0 saturated carbocycles. The number of rotatable bonds is 4. The molecule has 32 heavy (non-hydrogen) atoms. The van der Waals surface area contributed by atoms with Gasteiger partial charge < -0.3 is 0 Å². The number of carbonyl (C=O) groups is 1. The first-order chi connectivity index (χ1) is 15.8. The number of pyridine rings is 3. The SMILES string of the molecule is O=C(c1ccccc1)c1ccccc1.c1cncc(-c2cccnc2-c2cccnc2)c1. The van der Waals surface area contributed by atoms with Crippen molar-refractivity contribution in [3.05, 3.63) is 139 Å². The highest BCUT2D eigenvalue weighted by Gasteiger charge is 2.08. The summed E-state index contributed by atoms with van der Waals surface area (Å²) < 4.78 is 0. The molecular weight excluding hydrogens is 394 g/mol. The Bertz CT molecular complexity index is 1160. The summed E-state index contributed by atoms with van der Waals surface area (Å²) in [5, 5.41) is 0. The minimum atomic E-state index is 0.0752. The summed E-state index contributed by atoms with van der Waals surface area (Å²) in [6.07, 6.45) is 8.99. The molecule has 0 atom stereocenters. The van der Waals surface area contributed by atoms with Crippen LogP contribution in [0.3, 0.4) is 0 Å². The van der Waals surface area contributed by atoms with Crippen LogP contribution in [0.25, 0.3) is 22.4 Å². The Hall–Kier alpha value is -4.44. The molecule has 0 N–H and O–H groups in total. The number of ketones is 1. The maximum Gasteiger partial charge on any atom is 0.193 e. The van der Waals surface area contributed by atoms with Crippen molar-refractivity contribution in [1.82, 2.24) is 15.0 Å². The van der Waals surface area contributed by atoms with E-state index in [1.165, 1.54) is 0 Å². The fourth-order valence-corrected chi connectivity index (χ4v) is 3.24. The third-order valence-electron chi connectivity index (χ3n) is 4.79. The number of benzene rings is 2. The molecule has 0 unspecified atom stereocenters. The lowest BCUT2D eigenvalue weighted by Gasteiger charge is -2.07. The summed E-state index contributed by atoms with van der Waals surface area (Å²) in [5.74, 6) is 0.0752. The number of carbonyl (C=O) groups excluding carboxylic acids is 1. The first-order valence-corrected chi connectivity index (χ1v) is 10.2. The highest BCUT2D eigenvalue weighted by Crippen LogP contribution is 2.28. The standard InChI is InChI=1S/C15H11N3.C13H10O/c1-4-12(10-16-7-1)14-6-3-9-18-15(14)13-5-2-8-17-11-13;14-13(11-7-3-1-4-8-11)12-9-5-2-6-10-12/h1-11H;1-10H. The summed E-state index contributed by atoms with van der Waals surface area (Å²) in [6, 6.07) is 30.5. The van der Waals surface area contributed by atoms with Gasteiger partial charge in [-0.2, -0.15) is 0 Å². The Labute approximate surface area is 187 Å². The van der Waals surface area contributed by atoms with Gasteiger partial charge in [-0.1, -0.05) is 72.8 Å². The largest absolute Gasteiger partial charge is 0.289 e. The summed E-state index contributed by atoms with van der Waals surface area (Å²) in [5.41, 5.74) is 5.54. The molecule has 5 aromatic rings. The predicted octanol–water partition coefficient (Wildman–Crippen LogP) is 6.12. The van der Waals surface area contributed by atoms with Gasteiger partial charge in [-0.15, -0.1) is 0 Å². The molecule has 154 valence electrons. The van der Waals surface area contributed by atoms with E-state index in [9.17, 15) is 4.79 Å². The second-order valence-corrected chi connectivity index (χ2v) is 6.94. The lowest BCUT2D eigenvalue weighted by molar-refractivity contribution is 0.103. The quantitative estimate of drug-likeness (QED) is 0.332. The number of nitrogens with zero attached hydrogens (tertiary/aromatic N) is 3. The van der Waals surface area contributed by atoms with Crippen molar-refractivity contribution in [3.8, 4) is 22.4 Å². The Morgan fingerprint density at radius 3 is 1.59 bits per heavy atom. The summed E-state index contributed by atoms with van der Waals surface area (Å²) in [4.78, 5) is 24.6. The topological polar surface area (TPSA) is 55.7 Å². The van der Waals surface area contributed by atoms with Crippen molar-refractivity contribution in [2.45, 2.75) is 0 Å². The lowest BCUT2D eigenvalue weighted by Crippen LogP contribution is -1.99. The van der Waals surface area contributed by atoms with Gasteiger partial charge in [0.1, 0.15) is 0 Å². The van der Waals surface area contributed by atoms with Crippen LogP contribution in [0, 0.1) is 0 Å². The van der Waals surface area contributed by atoms with E-state index >= 15 is 0 Å². The molecular formula is C28H21N3O. The van der Waals surface area contributed by atoms with E-state index in [0.717, 1.165) is 33.5 Å². The van der Waals surface area contributed by atoms with E-state index in [4.69, 9.17) is 0 Å². The Balaban J connectivity index is 0.000000158. The third-order valence-corrected chi connectivity index (χ3v) is 4.79. The van der Waals surface area contributed by atoms with Gasteiger partial charge in [-0.3, -0.25) is 19.7 Å². The van der Waals surface area contributed by atoms with Gasteiger partial charge in [0.15, 0.2) is 5.78 Å². The van der Waals surface area contributed by atoms with E-state index in [1.807, 2.05) is 109 Å². The van der Waals surface area contributed by atoms with Gasteiger partial charge in [0, 0.05) is 58.8 Å². The Morgan fingerprint density at radius 1 is 0.531 bits per heavy atom. The first kappa shape index (κ1) is 20.8. The van der Waals surface area contributed by atoms with Crippen LogP contribution in [0.5, 0.6) is 0 Å². The number of hydrogen-bond acceptors (Lipinski definition) is 4. The zero-order chi connectivity index (χ0) is 22.0. The molecule has 3 heterocycles. The summed E-state index contributed by atoms with van der Waals surface area (Å²) >= 11 is 0. The molecule has 0 saturated heterocycles. The van der Waals surface area contributed by atoms with E-state index in [1.54, 1.807) is 18.6 Å². The molecule has 0 amide bonds. The van der Waals surface area contributed by atoms with Crippen molar-refractivity contribution in [2.75, 3.05) is 0 Å². The molecule has 0 bridgehead atoms. The van der Waals surface area contributed by atoms with Crippen molar-refractivity contribution >= 4 is 5.78 Å². The maximum absolute atomic E-state index is 11.8. The highest BCUT2D eigenvalue weighted by molar-refractivity contribution is 6.08. The fraction of sp³-hybridized carbons (Fsp3) is 0. The molecule has 0 fully saturated rings. The average molecular weight is 415 g/mol. The van der Waals surface area contributed by atoms with Crippen LogP contribution < -0.4 is 0 Å². The van der Waals surface area contributed by atoms with Gasteiger partial charge in [0.2, 0.25) is 0 Å². The van der Waals surface area contributed by atoms with Gasteiger partial charge in [-0.05, 0) is 24.3 Å². The maximum atomic E-state index is 11.8. The number of aromatic nitrogens is 3. The lowest BCUT2D eigenvalue weighted by atomic mass is 10.0. The highest BCUT2D eigenvalue weighted by atomic mass is 16.1. The van der Waals surface area contributed by atoms with Crippen LogP contribution in [0.2, 0.25) is 0 Å². The molecule has 4 nitrogen and oxygen atoms in total. The molecule has 0 aliphatic rings. The molecule has 0 spiro atoms. The van der Waals surface area contributed by atoms with Gasteiger partial charge in [0.25, 0.3) is 0 Å². The molecule has 5 rings (SSSR count). The fourth-order valence-electron chi connectivity index (χ4n) is 3.24. The van der Waals surface area contributed by atoms with E-state index in [0.29, 0.717) is 0 Å². The van der Waals surface area contributed by atoms with Crippen molar-refractivity contribution in [1.29, 1.82) is 0 Å². The average Bonchev–Trinajstić information content (AvgIpc) is 2.91. The minimum absolute atomic E-state index is 0.0752. The molecule has 0 aliphatic carbocycles. The van der Waals surface area contributed by atoms with Gasteiger partial charge >= 0.3 is 0 Å². The summed E-state index contributed by atoms with van der Waals surface area (Å²) in [6.45, 7) is 0. The Morgan fingerprint density at radius 2 is 1.06 bits per heavy atom. The van der Waals surface area contributed by atoms with Gasteiger partial charge in [0.05, 0.1) is 5.69 Å².